The van der Waals surface area contributed by atoms with E-state index in [4.69, 9.17) is 11.6 Å². The molecule has 0 aromatic heterocycles. The van der Waals surface area contributed by atoms with Crippen LogP contribution >= 0.6 is 11.6 Å². The largest absolute Gasteiger partial charge is 0.229 e. The average molecular weight is 239 g/mol. The van der Waals surface area contributed by atoms with E-state index in [0.717, 1.165) is 12.8 Å². The Bertz CT molecular complexity index is 266. The van der Waals surface area contributed by atoms with Gasteiger partial charge in [-0.1, -0.05) is 12.8 Å². The molecule has 0 unspecified atom stereocenters. The van der Waals surface area contributed by atoms with Gasteiger partial charge >= 0.3 is 0 Å². The Hall–Kier alpha value is 0.240. The summed E-state index contributed by atoms with van der Waals surface area (Å²) in [7, 11) is -2.79. The number of rotatable bonds is 5. The molecule has 0 bridgehead atoms. The number of alkyl halides is 1. The van der Waals surface area contributed by atoms with Crippen LogP contribution in [0.15, 0.2) is 0 Å². The molecule has 1 aliphatic carbocycles. The van der Waals surface area contributed by atoms with Gasteiger partial charge < -0.3 is 0 Å². The molecule has 1 saturated carbocycles. The first-order valence-corrected chi connectivity index (χ1v) is 7.81. The molecule has 14 heavy (non-hydrogen) atoms. The second-order valence-corrected chi connectivity index (χ2v) is 7.10. The van der Waals surface area contributed by atoms with Crippen LogP contribution in [0.5, 0.6) is 0 Å². The lowest BCUT2D eigenvalue weighted by Crippen LogP contribution is -2.19. The molecule has 4 heteroatoms. The number of halogens is 1. The van der Waals surface area contributed by atoms with Gasteiger partial charge in [0, 0.05) is 17.9 Å². The third kappa shape index (κ3) is 3.77. The molecule has 0 atom stereocenters. The third-order valence-corrected chi connectivity index (χ3v) is 4.77. The molecule has 0 aliphatic heterocycles. The van der Waals surface area contributed by atoms with Gasteiger partial charge in [0.1, 0.15) is 9.84 Å². The molecule has 2 nitrogen and oxygen atoms in total. The molecule has 0 aromatic rings. The van der Waals surface area contributed by atoms with Crippen LogP contribution in [0.3, 0.4) is 0 Å². The van der Waals surface area contributed by atoms with E-state index >= 15 is 0 Å². The van der Waals surface area contributed by atoms with Crippen LogP contribution in [-0.4, -0.2) is 26.3 Å². The van der Waals surface area contributed by atoms with Crippen molar-refractivity contribution in [3.05, 3.63) is 0 Å². The van der Waals surface area contributed by atoms with Crippen LogP contribution in [0.1, 0.15) is 38.5 Å². The quantitative estimate of drug-likeness (QED) is 0.690. The summed E-state index contributed by atoms with van der Waals surface area (Å²) >= 11 is 5.97. The molecular weight excluding hydrogens is 220 g/mol. The van der Waals surface area contributed by atoms with Crippen LogP contribution in [0, 0.1) is 5.41 Å². The zero-order valence-electron chi connectivity index (χ0n) is 8.76. The van der Waals surface area contributed by atoms with Crippen molar-refractivity contribution in [1.29, 1.82) is 0 Å². The standard InChI is InChI=1S/C10H19ClO2S/c1-14(12,13)8-4-7-10(9-11)5-2-3-6-10/h2-9H2,1H3. The zero-order chi connectivity index (χ0) is 10.7. The highest BCUT2D eigenvalue weighted by atomic mass is 35.5. The van der Waals surface area contributed by atoms with Crippen LogP contribution in [-0.2, 0) is 9.84 Å². The van der Waals surface area contributed by atoms with Gasteiger partial charge in [-0.2, -0.15) is 0 Å². The molecular formula is C10H19ClO2S. The van der Waals surface area contributed by atoms with Gasteiger partial charge in [-0.15, -0.1) is 11.6 Å². The summed E-state index contributed by atoms with van der Waals surface area (Å²) in [5, 5.41) is 0. The summed E-state index contributed by atoms with van der Waals surface area (Å²) in [6.07, 6.45) is 7.92. The first kappa shape index (κ1) is 12.3. The van der Waals surface area contributed by atoms with E-state index in [-0.39, 0.29) is 5.41 Å². The van der Waals surface area contributed by atoms with Crippen molar-refractivity contribution in [2.24, 2.45) is 5.41 Å². The molecule has 0 heterocycles. The number of hydrogen-bond donors (Lipinski definition) is 0. The van der Waals surface area contributed by atoms with E-state index in [1.807, 2.05) is 0 Å². The molecule has 1 rings (SSSR count). The Morgan fingerprint density at radius 1 is 1.29 bits per heavy atom. The van der Waals surface area contributed by atoms with E-state index < -0.39 is 9.84 Å². The second-order valence-electron chi connectivity index (χ2n) is 4.57. The van der Waals surface area contributed by atoms with Gasteiger partial charge in [-0.05, 0) is 31.1 Å². The fourth-order valence-corrected chi connectivity index (χ4v) is 3.35. The fourth-order valence-electron chi connectivity index (χ4n) is 2.28. The summed E-state index contributed by atoms with van der Waals surface area (Å²) < 4.78 is 21.9. The second kappa shape index (κ2) is 4.84. The predicted molar refractivity (Wildman–Crippen MR) is 60.6 cm³/mol. The summed E-state index contributed by atoms with van der Waals surface area (Å²) in [5.74, 6) is 1.00. The summed E-state index contributed by atoms with van der Waals surface area (Å²) in [6.45, 7) is 0. The Morgan fingerprint density at radius 2 is 1.86 bits per heavy atom. The topological polar surface area (TPSA) is 34.1 Å². The molecule has 0 N–H and O–H groups in total. The van der Waals surface area contributed by atoms with Crippen molar-refractivity contribution in [2.75, 3.05) is 17.9 Å². The maximum Gasteiger partial charge on any atom is 0.147 e. The maximum absolute atomic E-state index is 11.0. The monoisotopic (exact) mass is 238 g/mol. The smallest absolute Gasteiger partial charge is 0.147 e. The van der Waals surface area contributed by atoms with Crippen molar-refractivity contribution in [3.8, 4) is 0 Å². The number of hydrogen-bond acceptors (Lipinski definition) is 2. The van der Waals surface area contributed by atoms with Crippen LogP contribution in [0.4, 0.5) is 0 Å². The molecule has 84 valence electrons. The molecule has 0 amide bonds. The van der Waals surface area contributed by atoms with Crippen molar-refractivity contribution in [2.45, 2.75) is 38.5 Å². The normalized spacial score (nSPS) is 21.3. The molecule has 0 saturated heterocycles. The van der Waals surface area contributed by atoms with Gasteiger partial charge in [0.05, 0.1) is 0 Å². The van der Waals surface area contributed by atoms with Gasteiger partial charge in [0.15, 0.2) is 0 Å². The minimum absolute atomic E-state index is 0.256. The van der Waals surface area contributed by atoms with Gasteiger partial charge in [-0.3, -0.25) is 0 Å². The highest BCUT2D eigenvalue weighted by molar-refractivity contribution is 7.90. The lowest BCUT2D eigenvalue weighted by Gasteiger charge is -2.25. The fraction of sp³-hybridized carbons (Fsp3) is 1.00. The molecule has 1 fully saturated rings. The summed E-state index contributed by atoms with van der Waals surface area (Å²) in [5.41, 5.74) is 0.256. The Kier molecular flexibility index (Phi) is 4.26. The van der Waals surface area contributed by atoms with E-state index in [0.29, 0.717) is 11.6 Å². The van der Waals surface area contributed by atoms with Gasteiger partial charge in [0.2, 0.25) is 0 Å². The molecule has 0 spiro atoms. The Labute approximate surface area is 91.9 Å². The van der Waals surface area contributed by atoms with Crippen LogP contribution in [0.25, 0.3) is 0 Å². The van der Waals surface area contributed by atoms with Gasteiger partial charge in [0.25, 0.3) is 0 Å². The summed E-state index contributed by atoms with van der Waals surface area (Å²) in [4.78, 5) is 0. The molecule has 1 aliphatic rings. The Balaban J connectivity index is 2.35. The maximum atomic E-state index is 11.0. The molecule has 0 aromatic carbocycles. The van der Waals surface area contributed by atoms with Crippen molar-refractivity contribution < 1.29 is 8.42 Å². The van der Waals surface area contributed by atoms with Crippen LogP contribution in [0.2, 0.25) is 0 Å². The lowest BCUT2D eigenvalue weighted by atomic mass is 9.84. The van der Waals surface area contributed by atoms with E-state index in [9.17, 15) is 8.42 Å². The van der Waals surface area contributed by atoms with E-state index in [1.54, 1.807) is 0 Å². The first-order valence-electron chi connectivity index (χ1n) is 5.21. The zero-order valence-corrected chi connectivity index (χ0v) is 10.3. The SMILES string of the molecule is CS(=O)(=O)CCCC1(CCl)CCCC1. The van der Waals surface area contributed by atoms with E-state index in [1.165, 1.54) is 31.9 Å². The van der Waals surface area contributed by atoms with Crippen molar-refractivity contribution >= 4 is 21.4 Å². The highest BCUT2D eigenvalue weighted by Crippen LogP contribution is 2.42. The molecule has 0 radical (unpaired) electrons. The minimum atomic E-state index is -2.79. The van der Waals surface area contributed by atoms with Crippen molar-refractivity contribution in [3.63, 3.8) is 0 Å². The first-order chi connectivity index (χ1) is 6.47. The van der Waals surface area contributed by atoms with Gasteiger partial charge in [-0.25, -0.2) is 8.42 Å². The van der Waals surface area contributed by atoms with E-state index in [2.05, 4.69) is 0 Å². The highest BCUT2D eigenvalue weighted by Gasteiger charge is 2.32. The minimum Gasteiger partial charge on any atom is -0.229 e. The average Bonchev–Trinajstić information content (AvgIpc) is 2.52. The third-order valence-electron chi connectivity index (χ3n) is 3.17. The predicted octanol–water partition coefficient (Wildman–Crippen LogP) is 2.61. The Morgan fingerprint density at radius 3 is 2.29 bits per heavy atom. The number of sulfone groups is 1. The summed E-state index contributed by atoms with van der Waals surface area (Å²) in [6, 6.07) is 0. The van der Waals surface area contributed by atoms with Crippen molar-refractivity contribution in [1.82, 2.24) is 0 Å². The van der Waals surface area contributed by atoms with Crippen LogP contribution < -0.4 is 0 Å². The lowest BCUT2D eigenvalue weighted by molar-refractivity contribution is 0.311.